The predicted molar refractivity (Wildman–Crippen MR) is 77.7 cm³/mol. The van der Waals surface area contributed by atoms with Crippen LogP contribution >= 0.6 is 11.3 Å². The number of carbonyl (C=O) groups is 1. The second-order valence-electron chi connectivity index (χ2n) is 5.19. The number of nitrogen functional groups attached to an aromatic ring is 1. The van der Waals surface area contributed by atoms with Crippen LogP contribution in [0.25, 0.3) is 10.3 Å². The SMILES string of the molecule is CC1OCCC1(C)NC(=O)c1sc2nccnc2c1N. The fraction of sp³-hybridized carbons (Fsp3) is 0.462. The van der Waals surface area contributed by atoms with Gasteiger partial charge in [-0.3, -0.25) is 4.79 Å². The highest BCUT2D eigenvalue weighted by molar-refractivity contribution is 7.21. The molecular weight excluding hydrogens is 276 g/mol. The standard InChI is InChI=1S/C13H16N4O2S/c1-7-13(2,3-6-19-7)17-11(18)10-8(14)9-12(20-10)16-5-4-15-9/h4-5,7H,3,6,14H2,1-2H3,(H,17,18). The Morgan fingerprint density at radius 2 is 2.30 bits per heavy atom. The number of nitrogens with one attached hydrogen (secondary N) is 1. The van der Waals surface area contributed by atoms with Crippen LogP contribution < -0.4 is 11.1 Å². The lowest BCUT2D eigenvalue weighted by Gasteiger charge is -2.28. The molecule has 1 aliphatic rings. The highest BCUT2D eigenvalue weighted by Crippen LogP contribution is 2.32. The topological polar surface area (TPSA) is 90.1 Å². The van der Waals surface area contributed by atoms with Crippen molar-refractivity contribution in [3.8, 4) is 0 Å². The van der Waals surface area contributed by atoms with Crippen LogP contribution in [0.1, 0.15) is 29.9 Å². The molecule has 3 heterocycles. The van der Waals surface area contributed by atoms with Crippen LogP contribution in [-0.2, 0) is 4.74 Å². The molecule has 2 atom stereocenters. The zero-order chi connectivity index (χ0) is 14.3. The lowest BCUT2D eigenvalue weighted by Crippen LogP contribution is -2.50. The van der Waals surface area contributed by atoms with Crippen molar-refractivity contribution in [2.75, 3.05) is 12.3 Å². The van der Waals surface area contributed by atoms with Gasteiger partial charge < -0.3 is 15.8 Å². The molecule has 2 aromatic rings. The molecule has 0 saturated carbocycles. The van der Waals surface area contributed by atoms with E-state index in [1.165, 1.54) is 11.3 Å². The van der Waals surface area contributed by atoms with E-state index < -0.39 is 0 Å². The third-order valence-corrected chi connectivity index (χ3v) is 4.96. The molecule has 6 nitrogen and oxygen atoms in total. The van der Waals surface area contributed by atoms with Crippen molar-refractivity contribution in [2.45, 2.75) is 31.9 Å². The average molecular weight is 292 g/mol. The van der Waals surface area contributed by atoms with Gasteiger partial charge in [-0.25, -0.2) is 9.97 Å². The van der Waals surface area contributed by atoms with Crippen LogP contribution in [0.4, 0.5) is 5.69 Å². The number of hydrogen-bond donors (Lipinski definition) is 2. The van der Waals surface area contributed by atoms with Crippen LogP contribution in [0.15, 0.2) is 12.4 Å². The highest BCUT2D eigenvalue weighted by Gasteiger charge is 2.39. The molecule has 0 aliphatic carbocycles. The molecule has 0 radical (unpaired) electrons. The van der Waals surface area contributed by atoms with Gasteiger partial charge in [0.15, 0.2) is 0 Å². The molecule has 7 heteroatoms. The fourth-order valence-electron chi connectivity index (χ4n) is 2.33. The number of thiophene rings is 1. The van der Waals surface area contributed by atoms with Gasteiger partial charge in [0.1, 0.15) is 15.2 Å². The van der Waals surface area contributed by atoms with Crippen molar-refractivity contribution in [3.63, 3.8) is 0 Å². The molecular formula is C13H16N4O2S. The molecule has 2 aromatic heterocycles. The maximum Gasteiger partial charge on any atom is 0.264 e. The fourth-order valence-corrected chi connectivity index (χ4v) is 3.24. The second-order valence-corrected chi connectivity index (χ2v) is 6.19. The van der Waals surface area contributed by atoms with E-state index in [1.54, 1.807) is 12.4 Å². The average Bonchev–Trinajstić information content (AvgIpc) is 2.92. The first-order valence-corrected chi connectivity index (χ1v) is 7.26. The normalized spacial score (nSPS) is 26.0. The number of nitrogens with zero attached hydrogens (tertiary/aromatic N) is 2. The van der Waals surface area contributed by atoms with E-state index in [4.69, 9.17) is 10.5 Å². The van der Waals surface area contributed by atoms with E-state index in [9.17, 15) is 4.79 Å². The molecule has 3 rings (SSSR count). The minimum atomic E-state index is -0.361. The van der Waals surface area contributed by atoms with Crippen molar-refractivity contribution >= 4 is 33.3 Å². The number of anilines is 1. The number of ether oxygens (including phenoxy) is 1. The second kappa shape index (κ2) is 4.68. The van der Waals surface area contributed by atoms with Gasteiger partial charge >= 0.3 is 0 Å². The summed E-state index contributed by atoms with van der Waals surface area (Å²) in [7, 11) is 0. The van der Waals surface area contributed by atoms with E-state index >= 15 is 0 Å². The summed E-state index contributed by atoms with van der Waals surface area (Å²) < 4.78 is 5.53. The molecule has 20 heavy (non-hydrogen) atoms. The maximum atomic E-state index is 12.5. The number of nitrogens with two attached hydrogens (primary N) is 1. The van der Waals surface area contributed by atoms with Crippen molar-refractivity contribution in [2.24, 2.45) is 0 Å². The van der Waals surface area contributed by atoms with Crippen molar-refractivity contribution in [1.29, 1.82) is 0 Å². The quantitative estimate of drug-likeness (QED) is 0.877. The summed E-state index contributed by atoms with van der Waals surface area (Å²) in [5.74, 6) is -0.188. The van der Waals surface area contributed by atoms with Gasteiger partial charge in [-0.05, 0) is 20.3 Å². The van der Waals surface area contributed by atoms with E-state index in [2.05, 4.69) is 15.3 Å². The Morgan fingerprint density at radius 1 is 1.55 bits per heavy atom. The molecule has 2 unspecified atom stereocenters. The monoisotopic (exact) mass is 292 g/mol. The molecule has 1 saturated heterocycles. The Morgan fingerprint density at radius 3 is 2.95 bits per heavy atom. The summed E-state index contributed by atoms with van der Waals surface area (Å²) >= 11 is 1.26. The Kier molecular flexibility index (Phi) is 3.10. The lowest BCUT2D eigenvalue weighted by atomic mass is 9.94. The van der Waals surface area contributed by atoms with Crippen LogP contribution in [-0.4, -0.2) is 34.1 Å². The minimum Gasteiger partial charge on any atom is -0.396 e. The highest BCUT2D eigenvalue weighted by atomic mass is 32.1. The summed E-state index contributed by atoms with van der Waals surface area (Å²) in [4.78, 5) is 21.9. The predicted octanol–water partition coefficient (Wildman–Crippen LogP) is 1.57. The molecule has 0 spiro atoms. The van der Waals surface area contributed by atoms with Crippen molar-refractivity contribution in [1.82, 2.24) is 15.3 Å². The molecule has 3 N–H and O–H groups in total. The van der Waals surface area contributed by atoms with E-state index in [-0.39, 0.29) is 17.6 Å². The first-order valence-electron chi connectivity index (χ1n) is 6.44. The molecule has 1 fully saturated rings. The molecule has 1 aliphatic heterocycles. The Balaban J connectivity index is 1.91. The smallest absolute Gasteiger partial charge is 0.264 e. The van der Waals surface area contributed by atoms with Gasteiger partial charge in [-0.2, -0.15) is 0 Å². The van der Waals surface area contributed by atoms with Crippen LogP contribution in [0.3, 0.4) is 0 Å². The largest absolute Gasteiger partial charge is 0.396 e. The number of rotatable bonds is 2. The molecule has 0 bridgehead atoms. The van der Waals surface area contributed by atoms with Crippen LogP contribution in [0.2, 0.25) is 0 Å². The summed E-state index contributed by atoms with van der Waals surface area (Å²) in [5, 5.41) is 3.03. The number of carbonyl (C=O) groups excluding carboxylic acids is 1. The zero-order valence-corrected chi connectivity index (χ0v) is 12.2. The number of amides is 1. The van der Waals surface area contributed by atoms with Gasteiger partial charge in [0.2, 0.25) is 0 Å². The van der Waals surface area contributed by atoms with E-state index in [0.717, 1.165) is 6.42 Å². The van der Waals surface area contributed by atoms with Gasteiger partial charge in [0, 0.05) is 19.0 Å². The Bertz CT molecular complexity index is 671. The minimum absolute atomic E-state index is 0.0155. The number of fused-ring (bicyclic) bond motifs is 1. The van der Waals surface area contributed by atoms with Gasteiger partial charge in [0.25, 0.3) is 5.91 Å². The third kappa shape index (κ3) is 2.03. The Hall–Kier alpha value is -1.73. The first-order chi connectivity index (χ1) is 9.51. The van der Waals surface area contributed by atoms with Crippen LogP contribution in [0.5, 0.6) is 0 Å². The van der Waals surface area contributed by atoms with Crippen LogP contribution in [0, 0.1) is 0 Å². The zero-order valence-electron chi connectivity index (χ0n) is 11.3. The molecule has 1 amide bonds. The molecule has 106 valence electrons. The lowest BCUT2D eigenvalue weighted by molar-refractivity contribution is 0.0731. The first kappa shape index (κ1) is 13.3. The third-order valence-electron chi connectivity index (χ3n) is 3.85. The van der Waals surface area contributed by atoms with Crippen molar-refractivity contribution < 1.29 is 9.53 Å². The summed E-state index contributed by atoms with van der Waals surface area (Å²) in [5.41, 5.74) is 6.63. The molecule has 0 aromatic carbocycles. The number of aromatic nitrogens is 2. The van der Waals surface area contributed by atoms with E-state index in [1.807, 2.05) is 13.8 Å². The summed E-state index contributed by atoms with van der Waals surface area (Å²) in [6, 6.07) is 0. The van der Waals surface area contributed by atoms with Gasteiger partial charge in [-0.1, -0.05) is 0 Å². The van der Waals surface area contributed by atoms with Gasteiger partial charge in [0.05, 0.1) is 17.3 Å². The number of hydrogen-bond acceptors (Lipinski definition) is 6. The van der Waals surface area contributed by atoms with E-state index in [0.29, 0.717) is 27.5 Å². The summed E-state index contributed by atoms with van der Waals surface area (Å²) in [6.07, 6.45) is 3.94. The van der Waals surface area contributed by atoms with Crippen molar-refractivity contribution in [3.05, 3.63) is 17.3 Å². The maximum absolute atomic E-state index is 12.5. The Labute approximate surface area is 120 Å². The van der Waals surface area contributed by atoms with Gasteiger partial charge in [-0.15, -0.1) is 11.3 Å². The summed E-state index contributed by atoms with van der Waals surface area (Å²) in [6.45, 7) is 4.61.